The lowest BCUT2D eigenvalue weighted by Gasteiger charge is -2.36. The van der Waals surface area contributed by atoms with E-state index in [-0.39, 0.29) is 29.1 Å². The summed E-state index contributed by atoms with van der Waals surface area (Å²) in [6, 6.07) is 8.00. The fourth-order valence-electron chi connectivity index (χ4n) is 5.98. The van der Waals surface area contributed by atoms with E-state index in [1.54, 1.807) is 0 Å². The summed E-state index contributed by atoms with van der Waals surface area (Å²) >= 11 is 0. The number of hydrogen-bond acceptors (Lipinski definition) is 6. The van der Waals surface area contributed by atoms with E-state index in [4.69, 9.17) is 23.9 Å². The second kappa shape index (κ2) is 7.98. The number of rotatable bonds is 1. The second-order valence-electron chi connectivity index (χ2n) is 13.5. The fourth-order valence-corrected chi connectivity index (χ4v) is 5.98. The first-order valence-electron chi connectivity index (χ1n) is 13.7. The predicted octanol–water partition coefficient (Wildman–Crippen LogP) is 5.71. The highest BCUT2D eigenvalue weighted by Gasteiger charge is 2.56. The molecule has 0 spiro atoms. The first-order valence-corrected chi connectivity index (χ1v) is 13.7. The molecule has 6 atom stereocenters. The molecule has 0 radical (unpaired) electrons. The minimum atomic E-state index is -0.758. The number of hydrogen-bond donors (Lipinski definition) is 0. The maximum atomic E-state index is 13.9. The van der Waals surface area contributed by atoms with Gasteiger partial charge in [-0.25, -0.2) is 4.98 Å². The van der Waals surface area contributed by atoms with Crippen molar-refractivity contribution in [3.8, 4) is 11.4 Å². The van der Waals surface area contributed by atoms with Crippen molar-refractivity contribution in [1.82, 2.24) is 4.98 Å². The molecule has 0 amide bonds. The van der Waals surface area contributed by atoms with Crippen molar-refractivity contribution in [2.24, 2.45) is 10.8 Å². The molecule has 2 unspecified atom stereocenters. The summed E-state index contributed by atoms with van der Waals surface area (Å²) in [4.78, 5) is 5.04. The summed E-state index contributed by atoms with van der Waals surface area (Å²) in [6.07, 6.45) is 2.60. The van der Waals surface area contributed by atoms with Crippen LogP contribution < -0.4 is 4.73 Å². The molecular weight excluding hydrogens is 468 g/mol. The van der Waals surface area contributed by atoms with E-state index in [0.29, 0.717) is 17.1 Å². The van der Waals surface area contributed by atoms with E-state index >= 15 is 0 Å². The molecule has 2 saturated heterocycles. The molecule has 0 bridgehead atoms. The number of aryl methyl sites for hydroxylation is 2. The van der Waals surface area contributed by atoms with Crippen LogP contribution in [0.3, 0.4) is 0 Å². The Morgan fingerprint density at radius 3 is 1.95 bits per heavy atom. The van der Waals surface area contributed by atoms with Crippen LogP contribution in [-0.2, 0) is 31.8 Å². The Morgan fingerprint density at radius 2 is 1.32 bits per heavy atom. The first-order chi connectivity index (χ1) is 17.2. The zero-order chi connectivity index (χ0) is 26.5. The zero-order valence-corrected chi connectivity index (χ0v) is 23.4. The highest BCUT2D eigenvalue weighted by Crippen LogP contribution is 2.52. The second-order valence-corrected chi connectivity index (χ2v) is 13.5. The van der Waals surface area contributed by atoms with Crippen molar-refractivity contribution < 1.29 is 23.7 Å². The molecule has 4 aliphatic rings. The molecule has 7 heteroatoms. The van der Waals surface area contributed by atoms with Crippen LogP contribution in [0.4, 0.5) is 0 Å². The van der Waals surface area contributed by atoms with Crippen LogP contribution >= 0.6 is 0 Å². The van der Waals surface area contributed by atoms with E-state index in [0.717, 1.165) is 47.2 Å². The first kappa shape index (κ1) is 25.2. The molecule has 2 aromatic heterocycles. The Labute approximate surface area is 220 Å². The van der Waals surface area contributed by atoms with Crippen molar-refractivity contribution in [3.63, 3.8) is 0 Å². The molecule has 0 saturated carbocycles. The summed E-state index contributed by atoms with van der Waals surface area (Å²) in [5, 5.41) is 13.9. The Morgan fingerprint density at radius 1 is 0.784 bits per heavy atom. The number of fused-ring (bicyclic) bond motifs is 6. The van der Waals surface area contributed by atoms with Crippen molar-refractivity contribution >= 4 is 0 Å². The molecule has 37 heavy (non-hydrogen) atoms. The standard InChI is InChI=1S/C30H40N2O5/c1-27(2,3)29(7)34-21-15-11-17-9-13-19(31-23(17)25(21)36-29)20-14-10-18-12-16-22-26(24(18)32(20)33)37-30(8,35-22)28(4,5)6/h9-10,13-14,21-22,25-26H,11-12,15-16H2,1-8H3/t21-,22-,25-,26-,29?,30?/m0/s1. The Kier molecular flexibility index (Phi) is 5.44. The molecule has 2 aromatic rings. The highest BCUT2D eigenvalue weighted by molar-refractivity contribution is 5.53. The average molecular weight is 509 g/mol. The van der Waals surface area contributed by atoms with Gasteiger partial charge in [0.25, 0.3) is 0 Å². The zero-order valence-electron chi connectivity index (χ0n) is 23.4. The van der Waals surface area contributed by atoms with Gasteiger partial charge in [-0.2, -0.15) is 4.73 Å². The van der Waals surface area contributed by atoms with E-state index < -0.39 is 17.7 Å². The fraction of sp³-hybridized carbons (Fsp3) is 0.667. The summed E-state index contributed by atoms with van der Waals surface area (Å²) in [5.41, 5.74) is 4.48. The smallest absolute Gasteiger partial charge is 0.242 e. The van der Waals surface area contributed by atoms with Crippen LogP contribution in [0.5, 0.6) is 0 Å². The monoisotopic (exact) mass is 508 g/mol. The van der Waals surface area contributed by atoms with Crippen LogP contribution in [0.25, 0.3) is 11.4 Å². The van der Waals surface area contributed by atoms with Gasteiger partial charge in [0.2, 0.25) is 11.4 Å². The molecule has 6 rings (SSSR count). The Hall–Kier alpha value is -2.06. The van der Waals surface area contributed by atoms with E-state index in [1.165, 1.54) is 0 Å². The Bertz CT molecular complexity index is 1250. The average Bonchev–Trinajstić information content (AvgIpc) is 3.36. The summed E-state index contributed by atoms with van der Waals surface area (Å²) in [7, 11) is 0. The van der Waals surface area contributed by atoms with Gasteiger partial charge in [0.05, 0.1) is 17.9 Å². The van der Waals surface area contributed by atoms with E-state index in [1.807, 2.05) is 26.0 Å². The largest absolute Gasteiger partial charge is 0.618 e. The lowest BCUT2D eigenvalue weighted by Crippen LogP contribution is -2.42. The van der Waals surface area contributed by atoms with Gasteiger partial charge in [0.15, 0.2) is 17.7 Å². The van der Waals surface area contributed by atoms with Crippen LogP contribution in [0, 0.1) is 16.0 Å². The van der Waals surface area contributed by atoms with Gasteiger partial charge in [-0.1, -0.05) is 47.6 Å². The van der Waals surface area contributed by atoms with Crippen molar-refractivity contribution in [2.45, 2.75) is 117 Å². The van der Waals surface area contributed by atoms with Gasteiger partial charge in [0, 0.05) is 22.5 Å². The molecule has 7 nitrogen and oxygen atoms in total. The van der Waals surface area contributed by atoms with Crippen molar-refractivity contribution in [2.75, 3.05) is 0 Å². The van der Waals surface area contributed by atoms with Gasteiger partial charge >= 0.3 is 0 Å². The molecule has 0 N–H and O–H groups in total. The third kappa shape index (κ3) is 3.76. The minimum absolute atomic E-state index is 0.0396. The predicted molar refractivity (Wildman–Crippen MR) is 138 cm³/mol. The quantitative estimate of drug-likeness (QED) is 0.363. The minimum Gasteiger partial charge on any atom is -0.618 e. The molecule has 2 fully saturated rings. The van der Waals surface area contributed by atoms with Gasteiger partial charge in [-0.3, -0.25) is 0 Å². The number of aromatic nitrogens is 2. The Balaban J connectivity index is 1.38. The summed E-state index contributed by atoms with van der Waals surface area (Å²) < 4.78 is 27.0. The SMILES string of the molecule is CC(C)(C)C1(C)O[C@H]2CCc3ccc(-c4ccc5c([n+]4[O-])[C@H]4OC(C)(C(C)(C)C)O[C@H]4CC5)nc3[C@H]2O1. The maximum Gasteiger partial charge on any atom is 0.242 e. The molecule has 200 valence electrons. The molecule has 2 aliphatic heterocycles. The van der Waals surface area contributed by atoms with Crippen LogP contribution in [0.15, 0.2) is 24.3 Å². The number of nitrogens with zero attached hydrogens (tertiary/aromatic N) is 2. The topological polar surface area (TPSA) is 76.8 Å². The van der Waals surface area contributed by atoms with Crippen LogP contribution in [0.1, 0.15) is 103 Å². The molecular formula is C30H40N2O5. The molecule has 0 aromatic carbocycles. The van der Waals surface area contributed by atoms with Crippen LogP contribution in [-0.4, -0.2) is 28.8 Å². The lowest BCUT2D eigenvalue weighted by molar-refractivity contribution is -0.608. The van der Waals surface area contributed by atoms with Gasteiger partial charge < -0.3 is 24.2 Å². The number of pyridine rings is 2. The maximum absolute atomic E-state index is 13.9. The third-order valence-electron chi connectivity index (χ3n) is 9.28. The van der Waals surface area contributed by atoms with Crippen LogP contribution in [0.2, 0.25) is 0 Å². The highest BCUT2D eigenvalue weighted by atomic mass is 16.8. The summed E-state index contributed by atoms with van der Waals surface area (Å²) in [5.74, 6) is -1.45. The van der Waals surface area contributed by atoms with Crippen molar-refractivity contribution in [1.29, 1.82) is 0 Å². The molecule has 4 heterocycles. The van der Waals surface area contributed by atoms with Gasteiger partial charge in [-0.15, -0.1) is 0 Å². The van der Waals surface area contributed by atoms with Gasteiger partial charge in [0.1, 0.15) is 11.8 Å². The van der Waals surface area contributed by atoms with Gasteiger partial charge in [-0.05, 0) is 57.2 Å². The van der Waals surface area contributed by atoms with Crippen molar-refractivity contribution in [3.05, 3.63) is 52.0 Å². The third-order valence-corrected chi connectivity index (χ3v) is 9.28. The van der Waals surface area contributed by atoms with E-state index in [9.17, 15) is 5.21 Å². The number of ether oxygens (including phenoxy) is 4. The normalized spacial score (nSPS) is 35.0. The summed E-state index contributed by atoms with van der Waals surface area (Å²) in [6.45, 7) is 16.7. The van der Waals surface area contributed by atoms with E-state index in [2.05, 4.69) is 53.7 Å². The molecule has 2 aliphatic carbocycles. The lowest BCUT2D eigenvalue weighted by atomic mass is 9.87.